The molecule has 2 aromatic heterocycles. The standard InChI is InChI=1S/C13H14ClN3O2/c1-8-6-9-7-15-13(14)16-11(9)17(12(8)18)10-2-4-19-5-3-10/h6-7,10H,2-5H2,1H3. The van der Waals surface area contributed by atoms with Crippen LogP contribution >= 0.6 is 11.6 Å². The van der Waals surface area contributed by atoms with Crippen molar-refractivity contribution < 1.29 is 4.74 Å². The highest BCUT2D eigenvalue weighted by atomic mass is 35.5. The van der Waals surface area contributed by atoms with Gasteiger partial charge in [0.25, 0.3) is 5.56 Å². The Morgan fingerprint density at radius 3 is 2.89 bits per heavy atom. The molecule has 2 aromatic rings. The van der Waals surface area contributed by atoms with E-state index < -0.39 is 0 Å². The van der Waals surface area contributed by atoms with Crippen molar-refractivity contribution in [2.45, 2.75) is 25.8 Å². The van der Waals surface area contributed by atoms with Crippen LogP contribution in [0, 0.1) is 6.92 Å². The second kappa shape index (κ2) is 4.90. The van der Waals surface area contributed by atoms with Crippen LogP contribution in [0.2, 0.25) is 5.28 Å². The van der Waals surface area contributed by atoms with E-state index in [4.69, 9.17) is 16.3 Å². The lowest BCUT2D eigenvalue weighted by atomic mass is 10.1. The van der Waals surface area contributed by atoms with Gasteiger partial charge in [-0.05, 0) is 37.4 Å². The van der Waals surface area contributed by atoms with E-state index >= 15 is 0 Å². The fraction of sp³-hybridized carbons (Fsp3) is 0.462. The Hall–Kier alpha value is -1.46. The first-order valence-electron chi connectivity index (χ1n) is 6.29. The summed E-state index contributed by atoms with van der Waals surface area (Å²) in [6.07, 6.45) is 3.30. The van der Waals surface area contributed by atoms with Gasteiger partial charge in [0.15, 0.2) is 0 Å². The molecule has 5 nitrogen and oxygen atoms in total. The van der Waals surface area contributed by atoms with Crippen molar-refractivity contribution in [1.29, 1.82) is 0 Å². The third-order valence-corrected chi connectivity index (χ3v) is 3.66. The van der Waals surface area contributed by atoms with Crippen LogP contribution in [0.3, 0.4) is 0 Å². The van der Waals surface area contributed by atoms with Gasteiger partial charge < -0.3 is 4.74 Å². The maximum atomic E-state index is 12.4. The summed E-state index contributed by atoms with van der Waals surface area (Å²) in [4.78, 5) is 20.6. The van der Waals surface area contributed by atoms with Crippen LogP contribution in [0.25, 0.3) is 11.0 Å². The van der Waals surface area contributed by atoms with E-state index in [0.29, 0.717) is 24.4 Å². The maximum Gasteiger partial charge on any atom is 0.255 e. The fourth-order valence-corrected chi connectivity index (χ4v) is 2.65. The van der Waals surface area contributed by atoms with Crippen molar-refractivity contribution in [1.82, 2.24) is 14.5 Å². The van der Waals surface area contributed by atoms with E-state index in [2.05, 4.69) is 9.97 Å². The van der Waals surface area contributed by atoms with Gasteiger partial charge in [-0.15, -0.1) is 0 Å². The van der Waals surface area contributed by atoms with Gasteiger partial charge in [0, 0.05) is 36.4 Å². The zero-order chi connectivity index (χ0) is 13.4. The number of hydrogen-bond acceptors (Lipinski definition) is 4. The molecule has 0 N–H and O–H groups in total. The first-order valence-corrected chi connectivity index (χ1v) is 6.67. The molecule has 1 aliphatic heterocycles. The van der Waals surface area contributed by atoms with Crippen LogP contribution in [0.4, 0.5) is 0 Å². The highest BCUT2D eigenvalue weighted by Gasteiger charge is 2.20. The molecule has 0 amide bonds. The first kappa shape index (κ1) is 12.6. The molecular weight excluding hydrogens is 266 g/mol. The quantitative estimate of drug-likeness (QED) is 0.750. The molecule has 1 saturated heterocycles. The summed E-state index contributed by atoms with van der Waals surface area (Å²) in [5.41, 5.74) is 1.31. The van der Waals surface area contributed by atoms with Crippen LogP contribution in [0.1, 0.15) is 24.4 Å². The lowest BCUT2D eigenvalue weighted by Gasteiger charge is -2.25. The molecule has 0 aliphatic carbocycles. The number of pyridine rings is 1. The molecule has 3 heterocycles. The molecule has 0 bridgehead atoms. The van der Waals surface area contributed by atoms with Gasteiger partial charge in [-0.2, -0.15) is 4.98 Å². The highest BCUT2D eigenvalue weighted by Crippen LogP contribution is 2.23. The van der Waals surface area contributed by atoms with E-state index in [1.165, 1.54) is 0 Å². The average Bonchev–Trinajstić information content (AvgIpc) is 2.42. The lowest BCUT2D eigenvalue weighted by Crippen LogP contribution is -2.31. The summed E-state index contributed by atoms with van der Waals surface area (Å²) in [7, 11) is 0. The number of ether oxygens (including phenoxy) is 1. The smallest absolute Gasteiger partial charge is 0.255 e. The molecule has 0 unspecified atom stereocenters. The van der Waals surface area contributed by atoms with Gasteiger partial charge in [0.05, 0.1) is 0 Å². The zero-order valence-electron chi connectivity index (χ0n) is 10.6. The van der Waals surface area contributed by atoms with E-state index in [1.807, 2.05) is 13.0 Å². The van der Waals surface area contributed by atoms with Gasteiger partial charge in [-0.1, -0.05) is 0 Å². The van der Waals surface area contributed by atoms with Gasteiger partial charge in [0.2, 0.25) is 5.28 Å². The molecule has 100 valence electrons. The summed E-state index contributed by atoms with van der Waals surface area (Å²) in [6, 6.07) is 1.93. The molecule has 0 saturated carbocycles. The van der Waals surface area contributed by atoms with Gasteiger partial charge in [0.1, 0.15) is 5.65 Å². The van der Waals surface area contributed by atoms with Crippen molar-refractivity contribution in [2.75, 3.05) is 13.2 Å². The fourth-order valence-electron chi connectivity index (χ4n) is 2.52. The van der Waals surface area contributed by atoms with E-state index in [9.17, 15) is 4.79 Å². The number of halogens is 1. The maximum absolute atomic E-state index is 12.4. The topological polar surface area (TPSA) is 57.0 Å². The Kier molecular flexibility index (Phi) is 3.24. The summed E-state index contributed by atoms with van der Waals surface area (Å²) in [5, 5.41) is 1.00. The third-order valence-electron chi connectivity index (χ3n) is 3.48. The van der Waals surface area contributed by atoms with E-state index in [0.717, 1.165) is 18.2 Å². The van der Waals surface area contributed by atoms with Gasteiger partial charge in [-0.3, -0.25) is 9.36 Å². The molecule has 19 heavy (non-hydrogen) atoms. The molecule has 0 aromatic carbocycles. The first-order chi connectivity index (χ1) is 9.16. The molecule has 0 radical (unpaired) electrons. The predicted octanol–water partition coefficient (Wildman–Crippen LogP) is 2.10. The molecule has 0 atom stereocenters. The Balaban J connectivity index is 2.27. The van der Waals surface area contributed by atoms with E-state index in [-0.39, 0.29) is 16.9 Å². The molecule has 6 heteroatoms. The Morgan fingerprint density at radius 1 is 1.42 bits per heavy atom. The minimum absolute atomic E-state index is 0.00540. The van der Waals surface area contributed by atoms with Crippen LogP contribution < -0.4 is 5.56 Å². The monoisotopic (exact) mass is 279 g/mol. The average molecular weight is 280 g/mol. The van der Waals surface area contributed by atoms with Gasteiger partial charge in [-0.25, -0.2) is 4.98 Å². The minimum atomic E-state index is -0.00540. The Bertz CT molecular complexity index is 677. The summed E-state index contributed by atoms with van der Waals surface area (Å²) >= 11 is 5.86. The number of nitrogens with zero attached hydrogens (tertiary/aromatic N) is 3. The largest absolute Gasteiger partial charge is 0.381 e. The van der Waals surface area contributed by atoms with Crippen molar-refractivity contribution in [3.63, 3.8) is 0 Å². The summed E-state index contributed by atoms with van der Waals surface area (Å²) < 4.78 is 7.10. The number of aryl methyl sites for hydroxylation is 1. The SMILES string of the molecule is Cc1cc2cnc(Cl)nc2n(C2CCOCC2)c1=O. The normalized spacial score (nSPS) is 16.9. The highest BCUT2D eigenvalue weighted by molar-refractivity contribution is 6.28. The van der Waals surface area contributed by atoms with Crippen molar-refractivity contribution >= 4 is 22.6 Å². The van der Waals surface area contributed by atoms with Crippen LogP contribution in [0.15, 0.2) is 17.1 Å². The lowest BCUT2D eigenvalue weighted by molar-refractivity contribution is 0.0696. The Morgan fingerprint density at radius 2 is 2.16 bits per heavy atom. The van der Waals surface area contributed by atoms with Crippen LogP contribution in [-0.4, -0.2) is 27.7 Å². The van der Waals surface area contributed by atoms with Crippen LogP contribution in [-0.2, 0) is 4.74 Å². The Labute approximate surface area is 115 Å². The molecular formula is C13H14ClN3O2. The zero-order valence-corrected chi connectivity index (χ0v) is 11.4. The second-order valence-corrected chi connectivity index (χ2v) is 5.10. The molecule has 1 fully saturated rings. The van der Waals surface area contributed by atoms with Crippen molar-refractivity contribution in [2.24, 2.45) is 0 Å². The molecule has 0 spiro atoms. The van der Waals surface area contributed by atoms with Crippen LogP contribution in [0.5, 0.6) is 0 Å². The molecule has 3 rings (SSSR count). The minimum Gasteiger partial charge on any atom is -0.381 e. The number of fused-ring (bicyclic) bond motifs is 1. The number of aromatic nitrogens is 3. The van der Waals surface area contributed by atoms with Crippen molar-refractivity contribution in [3.05, 3.63) is 33.5 Å². The molecule has 1 aliphatic rings. The summed E-state index contributed by atoms with van der Waals surface area (Å²) in [6.45, 7) is 3.16. The van der Waals surface area contributed by atoms with E-state index in [1.54, 1.807) is 10.8 Å². The van der Waals surface area contributed by atoms with Crippen molar-refractivity contribution in [3.8, 4) is 0 Å². The third kappa shape index (κ3) is 2.24. The second-order valence-electron chi connectivity index (χ2n) is 4.76. The number of rotatable bonds is 1. The predicted molar refractivity (Wildman–Crippen MR) is 72.6 cm³/mol. The summed E-state index contributed by atoms with van der Waals surface area (Å²) in [5.74, 6) is 0. The number of hydrogen-bond donors (Lipinski definition) is 0. The van der Waals surface area contributed by atoms with Gasteiger partial charge >= 0.3 is 0 Å².